The van der Waals surface area contributed by atoms with Crippen LogP contribution in [0.1, 0.15) is 22.5 Å². The van der Waals surface area contributed by atoms with Gasteiger partial charge in [0.25, 0.3) is 0 Å². The predicted molar refractivity (Wildman–Crippen MR) is 116 cm³/mol. The first-order valence-corrected chi connectivity index (χ1v) is 9.73. The van der Waals surface area contributed by atoms with Gasteiger partial charge in [0.2, 0.25) is 0 Å². The van der Waals surface area contributed by atoms with Gasteiger partial charge < -0.3 is 9.99 Å². The number of hydrogen-bond donors (Lipinski definition) is 1. The largest absolute Gasteiger partial charge is 0.316 e. The Morgan fingerprint density at radius 1 is 0.963 bits per heavy atom. The Hall–Kier alpha value is -1.65. The number of aryl methyl sites for hydroxylation is 1. The van der Waals surface area contributed by atoms with Gasteiger partial charge >= 0.3 is 0 Å². The van der Waals surface area contributed by atoms with Crippen LogP contribution in [0.3, 0.4) is 0 Å². The van der Waals surface area contributed by atoms with Crippen molar-refractivity contribution in [1.82, 2.24) is 9.99 Å². The first kappa shape index (κ1) is 20.1. The Morgan fingerprint density at radius 2 is 1.67 bits per heavy atom. The molecule has 27 heavy (non-hydrogen) atoms. The van der Waals surface area contributed by atoms with Gasteiger partial charge in [0.15, 0.2) is 0 Å². The number of hydrazone groups is 1. The smallest absolute Gasteiger partial charge is 0.0661 e. The van der Waals surface area contributed by atoms with E-state index < -0.39 is 0 Å². The zero-order valence-corrected chi connectivity index (χ0v) is 17.8. The normalized spacial score (nSPS) is 11.3. The Labute approximate surface area is 178 Å². The van der Waals surface area contributed by atoms with Crippen molar-refractivity contribution in [2.24, 2.45) is 5.10 Å². The van der Waals surface area contributed by atoms with Gasteiger partial charge in [-0.2, -0.15) is 5.10 Å². The van der Waals surface area contributed by atoms with Gasteiger partial charge in [0.05, 0.1) is 23.5 Å². The predicted octanol–water partition coefficient (Wildman–Crippen LogP) is 6.83. The van der Waals surface area contributed by atoms with E-state index in [4.69, 9.17) is 46.4 Å². The summed E-state index contributed by atoms with van der Waals surface area (Å²) in [7, 11) is 0. The SMILES string of the molecule is Cc1cc(/C=N/NCc2c(Cl)cccc2Cl)c(C)n1-c1ccc(Cl)cc1Cl. The van der Waals surface area contributed by atoms with Gasteiger partial charge in [0.1, 0.15) is 0 Å². The van der Waals surface area contributed by atoms with E-state index in [9.17, 15) is 0 Å². The van der Waals surface area contributed by atoms with E-state index in [0.29, 0.717) is 26.6 Å². The van der Waals surface area contributed by atoms with Crippen molar-refractivity contribution in [3.63, 3.8) is 0 Å². The highest BCUT2D eigenvalue weighted by Crippen LogP contribution is 2.28. The monoisotopic (exact) mass is 439 g/mol. The molecule has 2 aromatic carbocycles. The molecule has 3 nitrogen and oxygen atoms in total. The molecule has 0 unspecified atom stereocenters. The zero-order valence-electron chi connectivity index (χ0n) is 14.7. The van der Waals surface area contributed by atoms with Crippen molar-refractivity contribution >= 4 is 52.6 Å². The summed E-state index contributed by atoms with van der Waals surface area (Å²) in [6, 6.07) is 12.9. The van der Waals surface area contributed by atoms with Crippen LogP contribution in [0.5, 0.6) is 0 Å². The topological polar surface area (TPSA) is 29.3 Å². The van der Waals surface area contributed by atoms with Crippen LogP contribution >= 0.6 is 46.4 Å². The highest BCUT2D eigenvalue weighted by molar-refractivity contribution is 6.36. The summed E-state index contributed by atoms with van der Waals surface area (Å²) in [5.41, 5.74) is 7.75. The van der Waals surface area contributed by atoms with Crippen LogP contribution in [-0.4, -0.2) is 10.8 Å². The Balaban J connectivity index is 1.79. The fourth-order valence-corrected chi connectivity index (χ4v) is 3.92. The molecule has 0 saturated carbocycles. The van der Waals surface area contributed by atoms with E-state index in [2.05, 4.69) is 15.1 Å². The molecule has 1 aromatic heterocycles. The minimum atomic E-state index is 0.441. The van der Waals surface area contributed by atoms with E-state index in [1.54, 1.807) is 24.4 Å². The molecule has 0 radical (unpaired) electrons. The third kappa shape index (κ3) is 4.44. The molecular weight excluding hydrogens is 424 g/mol. The zero-order chi connectivity index (χ0) is 19.6. The molecule has 0 bridgehead atoms. The number of halogens is 4. The molecule has 140 valence electrons. The quantitative estimate of drug-likeness (QED) is 0.341. The van der Waals surface area contributed by atoms with Crippen molar-refractivity contribution in [2.75, 3.05) is 0 Å². The number of nitrogens with zero attached hydrogens (tertiary/aromatic N) is 2. The molecule has 0 atom stereocenters. The summed E-state index contributed by atoms with van der Waals surface area (Å²) in [4.78, 5) is 0. The van der Waals surface area contributed by atoms with Crippen molar-refractivity contribution in [3.05, 3.63) is 85.1 Å². The summed E-state index contributed by atoms with van der Waals surface area (Å²) in [6.07, 6.45) is 1.77. The Morgan fingerprint density at radius 3 is 2.33 bits per heavy atom. The number of hydrogen-bond acceptors (Lipinski definition) is 2. The maximum absolute atomic E-state index is 6.37. The second kappa shape index (κ2) is 8.57. The second-order valence-electron chi connectivity index (χ2n) is 6.05. The second-order valence-corrected chi connectivity index (χ2v) is 7.71. The van der Waals surface area contributed by atoms with Gasteiger partial charge in [-0.15, -0.1) is 0 Å². The fourth-order valence-electron chi connectivity index (χ4n) is 2.89. The van der Waals surface area contributed by atoms with Crippen LogP contribution in [0.25, 0.3) is 5.69 Å². The van der Waals surface area contributed by atoms with E-state index in [1.807, 2.05) is 38.1 Å². The third-order valence-corrected chi connectivity index (χ3v) is 5.48. The minimum absolute atomic E-state index is 0.441. The first-order valence-electron chi connectivity index (χ1n) is 8.21. The Kier molecular flexibility index (Phi) is 6.38. The van der Waals surface area contributed by atoms with Gasteiger partial charge in [0, 0.05) is 37.6 Å². The Bertz CT molecular complexity index is 988. The van der Waals surface area contributed by atoms with E-state index >= 15 is 0 Å². The summed E-state index contributed by atoms with van der Waals surface area (Å²) < 4.78 is 2.07. The van der Waals surface area contributed by atoms with Gasteiger partial charge in [-0.25, -0.2) is 0 Å². The van der Waals surface area contributed by atoms with Crippen molar-refractivity contribution in [2.45, 2.75) is 20.4 Å². The third-order valence-electron chi connectivity index (χ3n) is 4.23. The molecule has 3 aromatic rings. The lowest BCUT2D eigenvalue weighted by atomic mass is 10.2. The highest BCUT2D eigenvalue weighted by atomic mass is 35.5. The van der Waals surface area contributed by atoms with Crippen molar-refractivity contribution in [1.29, 1.82) is 0 Å². The van der Waals surface area contributed by atoms with E-state index in [0.717, 1.165) is 28.2 Å². The standard InChI is InChI=1S/C20H17Cl4N3/c1-12-8-14(10-25-26-11-16-17(22)4-3-5-18(16)23)13(2)27(12)20-7-6-15(21)9-19(20)24/h3-10,26H,11H2,1-2H3/b25-10+. The van der Waals surface area contributed by atoms with Crippen LogP contribution in [-0.2, 0) is 6.54 Å². The maximum Gasteiger partial charge on any atom is 0.0661 e. The van der Waals surface area contributed by atoms with Crippen molar-refractivity contribution in [3.8, 4) is 5.69 Å². The molecule has 0 aliphatic rings. The molecule has 0 spiro atoms. The molecule has 7 heteroatoms. The van der Waals surface area contributed by atoms with Crippen molar-refractivity contribution < 1.29 is 0 Å². The lowest BCUT2D eigenvalue weighted by Gasteiger charge is -2.11. The molecule has 0 fully saturated rings. The number of benzene rings is 2. The molecular formula is C20H17Cl4N3. The van der Waals surface area contributed by atoms with Crippen LogP contribution in [0.4, 0.5) is 0 Å². The molecule has 1 N–H and O–H groups in total. The summed E-state index contributed by atoms with van der Waals surface area (Å²) in [6.45, 7) is 4.48. The van der Waals surface area contributed by atoms with Gasteiger partial charge in [-0.1, -0.05) is 52.5 Å². The average Bonchev–Trinajstić information content (AvgIpc) is 2.88. The van der Waals surface area contributed by atoms with E-state index in [-0.39, 0.29) is 0 Å². The molecule has 1 heterocycles. The first-order chi connectivity index (χ1) is 12.9. The summed E-state index contributed by atoms with van der Waals surface area (Å²) >= 11 is 24.7. The van der Waals surface area contributed by atoms with Crippen LogP contribution in [0.15, 0.2) is 47.6 Å². The average molecular weight is 441 g/mol. The fraction of sp³-hybridized carbons (Fsp3) is 0.150. The molecule has 0 saturated heterocycles. The van der Waals surface area contributed by atoms with Crippen LogP contribution < -0.4 is 5.43 Å². The summed E-state index contributed by atoms with van der Waals surface area (Å²) in [5.74, 6) is 0. The number of nitrogens with one attached hydrogen (secondary N) is 1. The van der Waals surface area contributed by atoms with Gasteiger partial charge in [-0.3, -0.25) is 0 Å². The maximum atomic E-state index is 6.37. The highest BCUT2D eigenvalue weighted by Gasteiger charge is 2.12. The molecule has 3 rings (SSSR count). The van der Waals surface area contributed by atoms with E-state index in [1.165, 1.54) is 0 Å². The molecule has 0 aliphatic heterocycles. The lowest BCUT2D eigenvalue weighted by molar-refractivity contribution is 0.748. The number of rotatable bonds is 5. The van der Waals surface area contributed by atoms with Gasteiger partial charge in [-0.05, 0) is 50.2 Å². The lowest BCUT2D eigenvalue weighted by Crippen LogP contribution is -2.07. The van der Waals surface area contributed by atoms with Crippen LogP contribution in [0, 0.1) is 13.8 Å². The summed E-state index contributed by atoms with van der Waals surface area (Å²) in [5, 5.41) is 6.73. The number of aromatic nitrogens is 1. The molecule has 0 amide bonds. The minimum Gasteiger partial charge on any atom is -0.316 e. The van der Waals surface area contributed by atoms with Crippen LogP contribution in [0.2, 0.25) is 20.1 Å². The molecule has 0 aliphatic carbocycles.